The van der Waals surface area contributed by atoms with Gasteiger partial charge in [0.25, 0.3) is 0 Å². The second kappa shape index (κ2) is 5.48. The van der Waals surface area contributed by atoms with Crippen molar-refractivity contribution in [2.45, 2.75) is 45.6 Å². The Balaban J connectivity index is 2.55. The molecule has 16 heavy (non-hydrogen) atoms. The van der Waals surface area contributed by atoms with Crippen molar-refractivity contribution in [1.29, 1.82) is 0 Å². The van der Waals surface area contributed by atoms with E-state index in [1.807, 2.05) is 0 Å². The lowest BCUT2D eigenvalue weighted by Crippen LogP contribution is -2.50. The summed E-state index contributed by atoms with van der Waals surface area (Å²) < 4.78 is 5.59. The number of hydrogen-bond donors (Lipinski definition) is 1. The summed E-state index contributed by atoms with van der Waals surface area (Å²) in [5.41, 5.74) is 0.0361. The van der Waals surface area contributed by atoms with Crippen molar-refractivity contribution in [2.75, 3.05) is 33.4 Å². The molecule has 3 heteroatoms. The van der Waals surface area contributed by atoms with E-state index >= 15 is 0 Å². The molecule has 0 aromatic carbocycles. The second-order valence-corrected chi connectivity index (χ2v) is 5.79. The summed E-state index contributed by atoms with van der Waals surface area (Å²) >= 11 is 0. The first-order chi connectivity index (χ1) is 7.47. The molecule has 96 valence electrons. The van der Waals surface area contributed by atoms with Crippen LogP contribution in [0.15, 0.2) is 0 Å². The fourth-order valence-electron chi connectivity index (χ4n) is 2.42. The second-order valence-electron chi connectivity index (χ2n) is 5.79. The van der Waals surface area contributed by atoms with Crippen LogP contribution in [0.25, 0.3) is 0 Å². The Kier molecular flexibility index (Phi) is 4.77. The van der Waals surface area contributed by atoms with E-state index in [0.717, 1.165) is 32.5 Å². The zero-order chi connectivity index (χ0) is 12.2. The standard InChI is InChI=1S/C13H27NO2/c1-5-12(2,11-15)9-14-8-6-7-13(3,10-14)16-4/h15H,5-11H2,1-4H3. The summed E-state index contributed by atoms with van der Waals surface area (Å²) in [6.45, 7) is 9.85. The molecular weight excluding hydrogens is 202 g/mol. The monoisotopic (exact) mass is 229 g/mol. The first kappa shape index (κ1) is 13.9. The molecule has 1 fully saturated rings. The molecule has 2 unspecified atom stereocenters. The van der Waals surface area contributed by atoms with Gasteiger partial charge < -0.3 is 9.84 Å². The number of ether oxygens (including phenoxy) is 1. The van der Waals surface area contributed by atoms with Crippen molar-refractivity contribution in [3.8, 4) is 0 Å². The summed E-state index contributed by atoms with van der Waals surface area (Å²) in [5.74, 6) is 0. The molecule has 0 aliphatic carbocycles. The van der Waals surface area contributed by atoms with Crippen LogP contribution < -0.4 is 0 Å². The van der Waals surface area contributed by atoms with Gasteiger partial charge in [0.15, 0.2) is 0 Å². The van der Waals surface area contributed by atoms with Crippen molar-refractivity contribution in [1.82, 2.24) is 4.90 Å². The van der Waals surface area contributed by atoms with Crippen LogP contribution in [0, 0.1) is 5.41 Å². The van der Waals surface area contributed by atoms with E-state index < -0.39 is 0 Å². The molecule has 0 amide bonds. The van der Waals surface area contributed by atoms with Gasteiger partial charge in [-0.25, -0.2) is 0 Å². The van der Waals surface area contributed by atoms with Gasteiger partial charge in [-0.15, -0.1) is 0 Å². The van der Waals surface area contributed by atoms with Crippen molar-refractivity contribution in [3.63, 3.8) is 0 Å². The Labute approximate surface area is 99.8 Å². The fraction of sp³-hybridized carbons (Fsp3) is 1.00. The topological polar surface area (TPSA) is 32.7 Å². The Morgan fingerprint density at radius 3 is 2.69 bits per heavy atom. The van der Waals surface area contributed by atoms with E-state index in [1.165, 1.54) is 6.42 Å². The molecule has 1 aliphatic rings. The maximum atomic E-state index is 9.45. The predicted octanol–water partition coefficient (Wildman–Crippen LogP) is 1.90. The van der Waals surface area contributed by atoms with Crippen molar-refractivity contribution in [2.24, 2.45) is 5.41 Å². The number of rotatable bonds is 5. The summed E-state index contributed by atoms with van der Waals surface area (Å²) in [5, 5.41) is 9.45. The number of piperidine rings is 1. The molecular formula is C13H27NO2. The van der Waals surface area contributed by atoms with E-state index in [-0.39, 0.29) is 17.6 Å². The van der Waals surface area contributed by atoms with Gasteiger partial charge in [-0.3, -0.25) is 4.90 Å². The third-order valence-corrected chi connectivity index (χ3v) is 4.07. The van der Waals surface area contributed by atoms with Crippen LogP contribution in [0.4, 0.5) is 0 Å². The maximum Gasteiger partial charge on any atom is 0.0777 e. The van der Waals surface area contributed by atoms with Crippen LogP contribution in [-0.2, 0) is 4.74 Å². The molecule has 0 aromatic heterocycles. The Hall–Kier alpha value is -0.120. The highest BCUT2D eigenvalue weighted by atomic mass is 16.5. The van der Waals surface area contributed by atoms with E-state index in [1.54, 1.807) is 7.11 Å². The fourth-order valence-corrected chi connectivity index (χ4v) is 2.42. The predicted molar refractivity (Wildman–Crippen MR) is 66.6 cm³/mol. The molecule has 0 spiro atoms. The van der Waals surface area contributed by atoms with Gasteiger partial charge in [0.1, 0.15) is 0 Å². The quantitative estimate of drug-likeness (QED) is 0.781. The molecule has 2 atom stereocenters. The zero-order valence-corrected chi connectivity index (χ0v) is 11.3. The SMILES string of the molecule is CCC(C)(CO)CN1CCCC(C)(OC)C1. The lowest BCUT2D eigenvalue weighted by atomic mass is 9.86. The largest absolute Gasteiger partial charge is 0.396 e. The number of likely N-dealkylation sites (tertiary alicyclic amines) is 1. The van der Waals surface area contributed by atoms with Gasteiger partial charge in [-0.2, -0.15) is 0 Å². The average Bonchev–Trinajstić information content (AvgIpc) is 2.29. The third kappa shape index (κ3) is 3.44. The van der Waals surface area contributed by atoms with Crippen molar-refractivity contribution >= 4 is 0 Å². The first-order valence-corrected chi connectivity index (χ1v) is 6.35. The summed E-state index contributed by atoms with van der Waals surface area (Å²) in [4.78, 5) is 2.44. The molecule has 0 radical (unpaired) electrons. The van der Waals surface area contributed by atoms with Crippen LogP contribution in [0.5, 0.6) is 0 Å². The lowest BCUT2D eigenvalue weighted by molar-refractivity contribution is -0.0621. The van der Waals surface area contributed by atoms with Crippen LogP contribution in [0.3, 0.4) is 0 Å². The molecule has 3 nitrogen and oxygen atoms in total. The van der Waals surface area contributed by atoms with Crippen LogP contribution in [0.1, 0.15) is 40.0 Å². The Bertz CT molecular complexity index is 216. The van der Waals surface area contributed by atoms with Crippen LogP contribution in [-0.4, -0.2) is 49.0 Å². The van der Waals surface area contributed by atoms with Gasteiger partial charge in [0, 0.05) is 32.2 Å². The number of aliphatic hydroxyl groups excluding tert-OH is 1. The van der Waals surface area contributed by atoms with Gasteiger partial charge >= 0.3 is 0 Å². The number of hydrogen-bond acceptors (Lipinski definition) is 3. The zero-order valence-electron chi connectivity index (χ0n) is 11.3. The average molecular weight is 229 g/mol. The Morgan fingerprint density at radius 1 is 1.50 bits per heavy atom. The minimum atomic E-state index is 0.00234. The van der Waals surface area contributed by atoms with E-state index in [4.69, 9.17) is 4.74 Å². The van der Waals surface area contributed by atoms with E-state index in [9.17, 15) is 5.11 Å². The molecule has 0 aromatic rings. The third-order valence-electron chi connectivity index (χ3n) is 4.07. The number of nitrogens with zero attached hydrogens (tertiary/aromatic N) is 1. The minimum absolute atomic E-state index is 0.00234. The van der Waals surface area contributed by atoms with Gasteiger partial charge in [0.05, 0.1) is 5.60 Å². The van der Waals surface area contributed by atoms with Crippen molar-refractivity contribution in [3.05, 3.63) is 0 Å². The van der Waals surface area contributed by atoms with E-state index in [0.29, 0.717) is 0 Å². The molecule has 1 heterocycles. The molecule has 0 saturated carbocycles. The van der Waals surface area contributed by atoms with Gasteiger partial charge in [-0.05, 0) is 32.7 Å². The Morgan fingerprint density at radius 2 is 2.19 bits per heavy atom. The highest BCUT2D eigenvalue weighted by Crippen LogP contribution is 2.28. The highest BCUT2D eigenvalue weighted by molar-refractivity contribution is 4.87. The molecule has 1 N–H and O–H groups in total. The smallest absolute Gasteiger partial charge is 0.0777 e. The van der Waals surface area contributed by atoms with Crippen LogP contribution >= 0.6 is 0 Å². The summed E-state index contributed by atoms with van der Waals surface area (Å²) in [6.07, 6.45) is 3.35. The lowest BCUT2D eigenvalue weighted by Gasteiger charge is -2.42. The van der Waals surface area contributed by atoms with Gasteiger partial charge in [-0.1, -0.05) is 13.8 Å². The molecule has 1 aliphatic heterocycles. The number of aliphatic hydroxyl groups is 1. The first-order valence-electron chi connectivity index (χ1n) is 6.35. The molecule has 1 rings (SSSR count). The maximum absolute atomic E-state index is 9.45. The van der Waals surface area contributed by atoms with Crippen molar-refractivity contribution < 1.29 is 9.84 Å². The summed E-state index contributed by atoms with van der Waals surface area (Å²) in [7, 11) is 1.80. The molecule has 0 bridgehead atoms. The highest BCUT2D eigenvalue weighted by Gasteiger charge is 2.33. The van der Waals surface area contributed by atoms with E-state index in [2.05, 4.69) is 25.7 Å². The minimum Gasteiger partial charge on any atom is -0.396 e. The van der Waals surface area contributed by atoms with Crippen LogP contribution in [0.2, 0.25) is 0 Å². The summed E-state index contributed by atoms with van der Waals surface area (Å²) in [6, 6.07) is 0. The molecule has 1 saturated heterocycles. The van der Waals surface area contributed by atoms with Gasteiger partial charge in [0.2, 0.25) is 0 Å². The normalized spacial score (nSPS) is 31.3. The number of methoxy groups -OCH3 is 1.